The first-order chi connectivity index (χ1) is 17.5. The van der Waals surface area contributed by atoms with Crippen molar-refractivity contribution >= 4 is 40.8 Å². The van der Waals surface area contributed by atoms with Crippen molar-refractivity contribution in [2.75, 3.05) is 30.1 Å². The Kier molecular flexibility index (Phi) is 9.32. The number of aromatic nitrogens is 1. The largest absolute Gasteiger partial charge is 0.437 e. The van der Waals surface area contributed by atoms with Gasteiger partial charge in [-0.2, -0.15) is 13.2 Å². The fourth-order valence-corrected chi connectivity index (χ4v) is 4.31. The molecule has 3 rings (SSSR count). The van der Waals surface area contributed by atoms with Crippen LogP contribution in [0.5, 0.6) is 11.6 Å². The number of rotatable bonds is 8. The monoisotopic (exact) mass is 549 g/mol. The van der Waals surface area contributed by atoms with Crippen LogP contribution in [0, 0.1) is 18.8 Å². The highest BCUT2D eigenvalue weighted by atomic mass is 35.5. The Morgan fingerprint density at radius 1 is 1.19 bits per heavy atom. The van der Waals surface area contributed by atoms with Crippen LogP contribution in [0.1, 0.15) is 18.1 Å². The van der Waals surface area contributed by atoms with Gasteiger partial charge in [0.15, 0.2) is 0 Å². The predicted octanol–water partition coefficient (Wildman–Crippen LogP) is 6.96. The summed E-state index contributed by atoms with van der Waals surface area (Å²) in [6, 6.07) is 12.3. The molecule has 0 saturated carbocycles. The average Bonchev–Trinajstić information content (AvgIpc) is 2.85. The van der Waals surface area contributed by atoms with Gasteiger partial charge in [0.2, 0.25) is 5.88 Å². The number of methoxy groups -OCH3 is 1. The third-order valence-electron chi connectivity index (χ3n) is 4.90. The molecule has 0 aliphatic carbocycles. The Hall–Kier alpha value is -3.39. The average molecular weight is 550 g/mol. The van der Waals surface area contributed by atoms with E-state index >= 15 is 0 Å². The Bertz CT molecular complexity index is 1340. The van der Waals surface area contributed by atoms with Crippen molar-refractivity contribution in [1.29, 1.82) is 0 Å². The van der Waals surface area contributed by atoms with Crippen molar-refractivity contribution in [1.82, 2.24) is 4.98 Å². The molecule has 37 heavy (non-hydrogen) atoms. The molecule has 1 heterocycles. The van der Waals surface area contributed by atoms with Gasteiger partial charge in [-0.3, -0.25) is 9.10 Å². The summed E-state index contributed by atoms with van der Waals surface area (Å²) < 4.78 is 53.1. The third kappa shape index (κ3) is 7.32. The van der Waals surface area contributed by atoms with Gasteiger partial charge in [0.25, 0.3) is 0 Å². The number of benzene rings is 2. The molecule has 0 fully saturated rings. The van der Waals surface area contributed by atoms with E-state index in [4.69, 9.17) is 21.1 Å². The predicted molar refractivity (Wildman–Crippen MR) is 139 cm³/mol. The molecule has 1 aromatic heterocycles. The minimum atomic E-state index is -4.60. The second kappa shape index (κ2) is 12.2. The van der Waals surface area contributed by atoms with Crippen LogP contribution in [0.2, 0.25) is 5.02 Å². The van der Waals surface area contributed by atoms with Gasteiger partial charge >= 0.3 is 12.1 Å². The highest BCUT2D eigenvalue weighted by molar-refractivity contribution is 8.00. The standard InChI is InChI=1S/C26H23ClF3N3O3S/c1-5-7-24(34)32(3)18-8-6-9-19(13-18)36-25-23(12-17(2)15-31-25)33(16-35-4)37-20-10-11-22(27)21(14-20)26(28,29)30/h6,8-15H,16H2,1-4H3. The Labute approximate surface area is 222 Å². The summed E-state index contributed by atoms with van der Waals surface area (Å²) in [5.41, 5.74) is 0.900. The molecule has 0 unspecified atom stereocenters. The lowest BCUT2D eigenvalue weighted by molar-refractivity contribution is -0.137. The van der Waals surface area contributed by atoms with Crippen LogP contribution in [0.4, 0.5) is 24.5 Å². The van der Waals surface area contributed by atoms with Gasteiger partial charge in [-0.25, -0.2) is 4.98 Å². The molecule has 0 aliphatic rings. The van der Waals surface area contributed by atoms with Crippen LogP contribution in [0.3, 0.4) is 0 Å². The molecule has 6 nitrogen and oxygen atoms in total. The number of carbonyl (C=O) groups is 1. The lowest BCUT2D eigenvalue weighted by Crippen LogP contribution is -2.24. The van der Waals surface area contributed by atoms with E-state index in [1.54, 1.807) is 54.8 Å². The number of halogens is 4. The summed E-state index contributed by atoms with van der Waals surface area (Å²) >= 11 is 6.79. The number of ether oxygens (including phenoxy) is 2. The number of pyridine rings is 1. The summed E-state index contributed by atoms with van der Waals surface area (Å²) in [5, 5.41) is -0.385. The minimum absolute atomic E-state index is 0.0170. The fourth-order valence-electron chi connectivity index (χ4n) is 3.14. The van der Waals surface area contributed by atoms with Crippen molar-refractivity contribution in [3.05, 3.63) is 70.9 Å². The Morgan fingerprint density at radius 3 is 2.62 bits per heavy atom. The number of hydrogen-bond donors (Lipinski definition) is 0. The smallest absolute Gasteiger partial charge is 0.417 e. The van der Waals surface area contributed by atoms with Crippen molar-refractivity contribution < 1.29 is 27.4 Å². The molecule has 0 atom stereocenters. The van der Waals surface area contributed by atoms with E-state index in [-0.39, 0.29) is 23.5 Å². The van der Waals surface area contributed by atoms with Crippen LogP contribution in [0.15, 0.2) is 59.6 Å². The second-order valence-electron chi connectivity index (χ2n) is 7.70. The topological polar surface area (TPSA) is 54.9 Å². The first-order valence-corrected chi connectivity index (χ1v) is 11.9. The molecule has 2 aromatic carbocycles. The molecule has 0 N–H and O–H groups in total. The van der Waals surface area contributed by atoms with Crippen molar-refractivity contribution in [3.8, 4) is 23.5 Å². The van der Waals surface area contributed by atoms with Gasteiger partial charge < -0.3 is 14.4 Å². The van der Waals surface area contributed by atoms with Gasteiger partial charge in [-0.1, -0.05) is 23.6 Å². The van der Waals surface area contributed by atoms with Gasteiger partial charge in [0.05, 0.1) is 10.6 Å². The molecule has 194 valence electrons. The van der Waals surface area contributed by atoms with Crippen molar-refractivity contribution in [2.45, 2.75) is 24.9 Å². The number of alkyl halides is 3. The van der Waals surface area contributed by atoms with Crippen LogP contribution >= 0.6 is 23.5 Å². The summed E-state index contributed by atoms with van der Waals surface area (Å²) in [6.07, 6.45) is -2.99. The number of amides is 1. The lowest BCUT2D eigenvalue weighted by Gasteiger charge is -2.25. The van der Waals surface area contributed by atoms with Gasteiger partial charge in [0.1, 0.15) is 18.2 Å². The molecular formula is C26H23ClF3N3O3S. The first kappa shape index (κ1) is 28.2. The van der Waals surface area contributed by atoms with Gasteiger partial charge in [-0.15, -0.1) is 0 Å². The lowest BCUT2D eigenvalue weighted by atomic mass is 10.2. The third-order valence-corrected chi connectivity index (χ3v) is 6.22. The van der Waals surface area contributed by atoms with Crippen molar-refractivity contribution in [2.24, 2.45) is 0 Å². The van der Waals surface area contributed by atoms with Crippen LogP contribution < -0.4 is 13.9 Å². The van der Waals surface area contributed by atoms with Crippen LogP contribution in [-0.4, -0.2) is 31.8 Å². The zero-order valence-electron chi connectivity index (χ0n) is 20.4. The van der Waals surface area contributed by atoms with E-state index in [2.05, 4.69) is 16.8 Å². The normalized spacial score (nSPS) is 10.9. The summed E-state index contributed by atoms with van der Waals surface area (Å²) in [6.45, 7) is 3.42. The molecule has 0 aliphatic heterocycles. The van der Waals surface area contributed by atoms with E-state index < -0.39 is 11.7 Å². The Morgan fingerprint density at radius 2 is 1.95 bits per heavy atom. The molecule has 1 amide bonds. The molecule has 0 saturated heterocycles. The Balaban J connectivity index is 1.96. The molecule has 0 bridgehead atoms. The number of carbonyl (C=O) groups excluding carboxylic acids is 1. The quantitative estimate of drug-likeness (QED) is 0.172. The maximum absolute atomic E-state index is 13.4. The molecule has 11 heteroatoms. The second-order valence-corrected chi connectivity index (χ2v) is 9.20. The van der Waals surface area contributed by atoms with Gasteiger partial charge in [-0.05, 0) is 73.7 Å². The first-order valence-electron chi connectivity index (χ1n) is 10.8. The summed E-state index contributed by atoms with van der Waals surface area (Å²) in [5.74, 6) is 5.26. The highest BCUT2D eigenvalue weighted by Crippen LogP contribution is 2.41. The number of nitrogens with zero attached hydrogens (tertiary/aromatic N) is 3. The minimum Gasteiger partial charge on any atom is -0.437 e. The summed E-state index contributed by atoms with van der Waals surface area (Å²) in [4.78, 5) is 18.2. The van der Waals surface area contributed by atoms with E-state index in [1.165, 1.54) is 24.1 Å². The van der Waals surface area contributed by atoms with E-state index in [1.807, 2.05) is 6.92 Å². The summed E-state index contributed by atoms with van der Waals surface area (Å²) in [7, 11) is 3.06. The number of hydrogen-bond acceptors (Lipinski definition) is 6. The zero-order valence-corrected chi connectivity index (χ0v) is 22.0. The van der Waals surface area contributed by atoms with E-state index in [0.29, 0.717) is 22.0 Å². The molecule has 0 radical (unpaired) electrons. The maximum atomic E-state index is 13.4. The van der Waals surface area contributed by atoms with Gasteiger partial charge in [0, 0.05) is 37.0 Å². The van der Waals surface area contributed by atoms with E-state index in [9.17, 15) is 18.0 Å². The maximum Gasteiger partial charge on any atom is 0.417 e. The zero-order chi connectivity index (χ0) is 27.2. The van der Waals surface area contributed by atoms with Crippen LogP contribution in [0.25, 0.3) is 0 Å². The SMILES string of the molecule is CC#CC(=O)N(C)c1cccc(Oc2ncc(C)cc2N(COC)Sc2ccc(Cl)c(C(F)(F)F)c2)c1. The van der Waals surface area contributed by atoms with Crippen LogP contribution in [-0.2, 0) is 15.7 Å². The number of aryl methyl sites for hydroxylation is 1. The fraction of sp³-hybridized carbons (Fsp3) is 0.231. The molecule has 3 aromatic rings. The van der Waals surface area contributed by atoms with Crippen molar-refractivity contribution in [3.63, 3.8) is 0 Å². The number of anilines is 2. The molecular weight excluding hydrogens is 527 g/mol. The molecule has 0 spiro atoms. The van der Waals surface area contributed by atoms with E-state index in [0.717, 1.165) is 23.6 Å². The highest BCUT2D eigenvalue weighted by Gasteiger charge is 2.33.